The van der Waals surface area contributed by atoms with Gasteiger partial charge in [0.15, 0.2) is 0 Å². The zero-order valence-corrected chi connectivity index (χ0v) is 15.6. The molecule has 1 aromatic carbocycles. The van der Waals surface area contributed by atoms with Gasteiger partial charge in [0.2, 0.25) is 5.82 Å². The quantitative estimate of drug-likeness (QED) is 0.808. The number of halogens is 2. The molecule has 0 unspecified atom stereocenters. The normalized spacial score (nSPS) is 19.5. The molecular weight excluding hydrogens is 379 g/mol. The fourth-order valence-corrected chi connectivity index (χ4v) is 3.68. The summed E-state index contributed by atoms with van der Waals surface area (Å²) in [6.45, 7) is 1.89. The van der Waals surface area contributed by atoms with Crippen molar-refractivity contribution in [3.05, 3.63) is 39.9 Å². The highest BCUT2D eigenvalue weighted by Gasteiger charge is 2.31. The van der Waals surface area contributed by atoms with Gasteiger partial charge in [0.1, 0.15) is 11.5 Å². The molecule has 2 N–H and O–H groups in total. The number of para-hydroxylation sites is 1. The molecule has 1 fully saturated rings. The Bertz CT molecular complexity index is 832. The number of carbonyl (C=O) groups is 2. The van der Waals surface area contributed by atoms with Crippen LogP contribution in [0.25, 0.3) is 5.69 Å². The van der Waals surface area contributed by atoms with Gasteiger partial charge in [-0.3, -0.25) is 9.59 Å². The zero-order chi connectivity index (χ0) is 18.8. The number of carboxylic acids is 1. The molecule has 0 saturated heterocycles. The van der Waals surface area contributed by atoms with E-state index in [0.29, 0.717) is 47.2 Å². The first-order valence-electron chi connectivity index (χ1n) is 8.34. The second kappa shape index (κ2) is 7.63. The molecule has 1 heterocycles. The van der Waals surface area contributed by atoms with Crippen molar-refractivity contribution in [2.24, 2.45) is 5.92 Å². The second-order valence-electron chi connectivity index (χ2n) is 6.21. The molecule has 7 nitrogen and oxygen atoms in total. The van der Waals surface area contributed by atoms with Crippen molar-refractivity contribution < 1.29 is 14.7 Å². The number of nitrogens with one attached hydrogen (secondary N) is 1. The molecule has 1 aliphatic carbocycles. The molecule has 0 aliphatic heterocycles. The lowest BCUT2D eigenvalue weighted by Gasteiger charge is -2.10. The standard InChI is InChI=1S/C17H18Cl2N4O3/c1-2-13-21-15(16(24)20-10-7-6-9(8-10)17(25)26)22-23(13)14-11(18)4-3-5-12(14)19/h3-5,9-10H,2,6-8H2,1H3,(H,20,24)(H,25,26)/t9-,10+/m0/s1. The van der Waals surface area contributed by atoms with Crippen molar-refractivity contribution in [1.82, 2.24) is 20.1 Å². The van der Waals surface area contributed by atoms with E-state index in [1.54, 1.807) is 18.2 Å². The van der Waals surface area contributed by atoms with Crippen LogP contribution < -0.4 is 5.32 Å². The van der Waals surface area contributed by atoms with Gasteiger partial charge < -0.3 is 10.4 Å². The van der Waals surface area contributed by atoms with E-state index >= 15 is 0 Å². The Morgan fingerprint density at radius 2 is 2.00 bits per heavy atom. The van der Waals surface area contributed by atoms with Crippen molar-refractivity contribution in [1.29, 1.82) is 0 Å². The summed E-state index contributed by atoms with van der Waals surface area (Å²) in [5.74, 6) is -1.11. The molecule has 26 heavy (non-hydrogen) atoms. The Balaban J connectivity index is 1.83. The highest BCUT2D eigenvalue weighted by molar-refractivity contribution is 6.37. The molecule has 0 radical (unpaired) electrons. The number of aromatic nitrogens is 3. The van der Waals surface area contributed by atoms with Gasteiger partial charge in [0, 0.05) is 12.5 Å². The van der Waals surface area contributed by atoms with Crippen LogP contribution in [0.15, 0.2) is 18.2 Å². The first-order valence-corrected chi connectivity index (χ1v) is 9.10. The van der Waals surface area contributed by atoms with E-state index in [1.807, 2.05) is 6.92 Å². The Morgan fingerprint density at radius 1 is 1.31 bits per heavy atom. The number of rotatable bonds is 5. The van der Waals surface area contributed by atoms with Crippen LogP contribution in [0.4, 0.5) is 0 Å². The Kier molecular flexibility index (Phi) is 5.48. The lowest BCUT2D eigenvalue weighted by atomic mass is 10.1. The molecular formula is C17H18Cl2N4O3. The average molecular weight is 397 g/mol. The summed E-state index contributed by atoms with van der Waals surface area (Å²) in [7, 11) is 0. The number of carboxylic acid groups (broad SMARTS) is 1. The van der Waals surface area contributed by atoms with E-state index in [4.69, 9.17) is 28.3 Å². The zero-order valence-electron chi connectivity index (χ0n) is 14.1. The Morgan fingerprint density at radius 3 is 2.58 bits per heavy atom. The summed E-state index contributed by atoms with van der Waals surface area (Å²) in [5.41, 5.74) is 0.478. The van der Waals surface area contributed by atoms with Gasteiger partial charge in [-0.15, -0.1) is 5.10 Å². The lowest BCUT2D eigenvalue weighted by Crippen LogP contribution is -2.34. The third-order valence-corrected chi connectivity index (χ3v) is 5.07. The van der Waals surface area contributed by atoms with Crippen molar-refractivity contribution in [3.63, 3.8) is 0 Å². The third kappa shape index (κ3) is 3.68. The van der Waals surface area contributed by atoms with E-state index in [2.05, 4.69) is 15.4 Å². The first-order chi connectivity index (χ1) is 12.4. The molecule has 0 bridgehead atoms. The molecule has 1 aliphatic rings. The number of aryl methyl sites for hydroxylation is 1. The second-order valence-corrected chi connectivity index (χ2v) is 7.02. The Hall–Kier alpha value is -2.12. The maximum Gasteiger partial charge on any atom is 0.306 e. The largest absolute Gasteiger partial charge is 0.481 e. The van der Waals surface area contributed by atoms with Crippen molar-refractivity contribution in [3.8, 4) is 5.69 Å². The van der Waals surface area contributed by atoms with Gasteiger partial charge in [-0.2, -0.15) is 0 Å². The van der Waals surface area contributed by atoms with Gasteiger partial charge in [-0.1, -0.05) is 36.2 Å². The fraction of sp³-hybridized carbons (Fsp3) is 0.412. The number of nitrogens with zero attached hydrogens (tertiary/aromatic N) is 3. The fourth-order valence-electron chi connectivity index (χ4n) is 3.13. The molecule has 2 atom stereocenters. The third-order valence-electron chi connectivity index (χ3n) is 4.46. The maximum atomic E-state index is 12.5. The summed E-state index contributed by atoms with van der Waals surface area (Å²) in [6.07, 6.45) is 2.13. The van der Waals surface area contributed by atoms with Crippen LogP contribution in [-0.2, 0) is 11.2 Å². The first kappa shape index (κ1) is 18.7. The van der Waals surface area contributed by atoms with E-state index in [9.17, 15) is 9.59 Å². The minimum Gasteiger partial charge on any atom is -0.481 e. The van der Waals surface area contributed by atoms with Gasteiger partial charge in [0.25, 0.3) is 5.91 Å². The number of benzene rings is 1. The number of carbonyl (C=O) groups excluding carboxylic acids is 1. The van der Waals surface area contributed by atoms with Crippen molar-refractivity contribution >= 4 is 35.1 Å². The molecule has 1 saturated carbocycles. The smallest absolute Gasteiger partial charge is 0.306 e. The highest BCUT2D eigenvalue weighted by atomic mass is 35.5. The van der Waals surface area contributed by atoms with Crippen LogP contribution in [0.3, 0.4) is 0 Å². The predicted molar refractivity (Wildman–Crippen MR) is 97.0 cm³/mol. The molecule has 1 aromatic heterocycles. The van der Waals surface area contributed by atoms with Crippen LogP contribution in [0.2, 0.25) is 10.0 Å². The topological polar surface area (TPSA) is 97.1 Å². The summed E-state index contributed by atoms with van der Waals surface area (Å²) < 4.78 is 1.48. The minimum absolute atomic E-state index is 0.0108. The number of amides is 1. The maximum absolute atomic E-state index is 12.5. The highest BCUT2D eigenvalue weighted by Crippen LogP contribution is 2.29. The van der Waals surface area contributed by atoms with Gasteiger partial charge >= 0.3 is 5.97 Å². The molecule has 2 aromatic rings. The summed E-state index contributed by atoms with van der Waals surface area (Å²) in [6, 6.07) is 4.91. The number of hydrogen-bond donors (Lipinski definition) is 2. The van der Waals surface area contributed by atoms with E-state index in [1.165, 1.54) is 4.68 Å². The van der Waals surface area contributed by atoms with Gasteiger partial charge in [-0.25, -0.2) is 9.67 Å². The minimum atomic E-state index is -0.828. The van der Waals surface area contributed by atoms with Crippen LogP contribution >= 0.6 is 23.2 Å². The SMILES string of the molecule is CCc1nc(C(=O)N[C@@H]2CC[C@H](C(=O)O)C2)nn1-c1c(Cl)cccc1Cl. The number of hydrogen-bond acceptors (Lipinski definition) is 4. The average Bonchev–Trinajstić information content (AvgIpc) is 3.22. The Labute approximate surface area is 160 Å². The molecule has 0 spiro atoms. The molecule has 1 amide bonds. The monoisotopic (exact) mass is 396 g/mol. The predicted octanol–water partition coefficient (Wildman–Crippen LogP) is 3.12. The van der Waals surface area contributed by atoms with Gasteiger partial charge in [0.05, 0.1) is 16.0 Å². The van der Waals surface area contributed by atoms with Crippen molar-refractivity contribution in [2.45, 2.75) is 38.6 Å². The summed E-state index contributed by atoms with van der Waals surface area (Å²) in [4.78, 5) is 27.8. The van der Waals surface area contributed by atoms with E-state index < -0.39 is 17.8 Å². The molecule has 9 heteroatoms. The van der Waals surface area contributed by atoms with Crippen molar-refractivity contribution in [2.75, 3.05) is 0 Å². The molecule has 138 valence electrons. The van der Waals surface area contributed by atoms with Crippen LogP contribution in [0.1, 0.15) is 42.6 Å². The summed E-state index contributed by atoms with van der Waals surface area (Å²) in [5, 5.41) is 17.0. The van der Waals surface area contributed by atoms with Crippen LogP contribution in [0, 0.1) is 5.92 Å². The van der Waals surface area contributed by atoms with E-state index in [0.717, 1.165) is 0 Å². The van der Waals surface area contributed by atoms with Gasteiger partial charge in [-0.05, 0) is 31.4 Å². The van der Waals surface area contributed by atoms with Crippen LogP contribution in [-0.4, -0.2) is 37.8 Å². The molecule has 3 rings (SSSR count). The number of aliphatic carboxylic acids is 1. The lowest BCUT2D eigenvalue weighted by molar-refractivity contribution is -0.141. The van der Waals surface area contributed by atoms with Crippen LogP contribution in [0.5, 0.6) is 0 Å². The summed E-state index contributed by atoms with van der Waals surface area (Å²) >= 11 is 12.5. The van der Waals surface area contributed by atoms with E-state index in [-0.39, 0.29) is 11.9 Å².